The van der Waals surface area contributed by atoms with Crippen LogP contribution in [0.1, 0.15) is 13.8 Å². The Morgan fingerprint density at radius 1 is 1.43 bits per heavy atom. The first kappa shape index (κ1) is 13.4. The largest absolute Gasteiger partial charge is 0.396 e. The highest BCUT2D eigenvalue weighted by molar-refractivity contribution is 7.90. The number of sulfonamides is 1. The van der Waals surface area contributed by atoms with Crippen LogP contribution in [-0.2, 0) is 10.0 Å². The molecule has 0 saturated heterocycles. The standard InChI is InChI=1S/C8H18N2O3S/c1-8(2,5-11)6-14(12,13)9-7-10(3)4/h7,11H,5-6H2,1-4H3. The Bertz CT molecular complexity index is 294. The van der Waals surface area contributed by atoms with Gasteiger partial charge in [0, 0.05) is 26.1 Å². The maximum absolute atomic E-state index is 11.4. The smallest absolute Gasteiger partial charge is 0.255 e. The van der Waals surface area contributed by atoms with Gasteiger partial charge < -0.3 is 10.0 Å². The van der Waals surface area contributed by atoms with Crippen LogP contribution in [0.2, 0.25) is 0 Å². The van der Waals surface area contributed by atoms with E-state index in [1.807, 2.05) is 0 Å². The molecule has 14 heavy (non-hydrogen) atoms. The topological polar surface area (TPSA) is 70.0 Å². The normalized spacial score (nSPS) is 13.5. The van der Waals surface area contributed by atoms with Gasteiger partial charge in [-0.05, 0) is 0 Å². The molecule has 0 radical (unpaired) electrons. The van der Waals surface area contributed by atoms with Crippen LogP contribution in [0.4, 0.5) is 0 Å². The fraction of sp³-hybridized carbons (Fsp3) is 0.875. The number of aliphatic hydroxyl groups excluding tert-OH is 1. The first-order valence-electron chi connectivity index (χ1n) is 4.24. The molecule has 1 N–H and O–H groups in total. The van der Waals surface area contributed by atoms with E-state index < -0.39 is 15.4 Å². The Morgan fingerprint density at radius 3 is 2.29 bits per heavy atom. The molecule has 0 saturated carbocycles. The predicted molar refractivity (Wildman–Crippen MR) is 56.8 cm³/mol. The molecule has 0 aliphatic carbocycles. The van der Waals surface area contributed by atoms with Crippen molar-refractivity contribution < 1.29 is 13.5 Å². The zero-order chi connectivity index (χ0) is 11.4. The maximum atomic E-state index is 11.4. The lowest BCUT2D eigenvalue weighted by Gasteiger charge is -2.19. The van der Waals surface area contributed by atoms with Crippen LogP contribution in [0.5, 0.6) is 0 Å². The van der Waals surface area contributed by atoms with Crippen LogP contribution < -0.4 is 0 Å². The summed E-state index contributed by atoms with van der Waals surface area (Å²) in [7, 11) is -0.0973. The number of nitrogens with zero attached hydrogens (tertiary/aromatic N) is 2. The molecule has 0 aliphatic heterocycles. The lowest BCUT2D eigenvalue weighted by atomic mass is 9.98. The van der Waals surface area contributed by atoms with E-state index >= 15 is 0 Å². The SMILES string of the molecule is CN(C)C=NS(=O)(=O)CC(C)(C)CO. The molecule has 0 unspecified atom stereocenters. The summed E-state index contributed by atoms with van der Waals surface area (Å²) in [6.07, 6.45) is 1.24. The van der Waals surface area contributed by atoms with Crippen LogP contribution in [-0.4, -0.2) is 51.2 Å². The van der Waals surface area contributed by atoms with E-state index in [1.165, 1.54) is 6.34 Å². The molecule has 0 amide bonds. The molecule has 5 nitrogen and oxygen atoms in total. The Hall–Kier alpha value is -0.620. The molecule has 0 bridgehead atoms. The van der Waals surface area contributed by atoms with Gasteiger partial charge in [-0.15, -0.1) is 0 Å². The molecular weight excluding hydrogens is 204 g/mol. The van der Waals surface area contributed by atoms with Crippen LogP contribution in [0, 0.1) is 5.41 Å². The average molecular weight is 222 g/mol. The Kier molecular flexibility index (Phi) is 4.54. The molecule has 0 spiro atoms. The molecule has 84 valence electrons. The van der Waals surface area contributed by atoms with Gasteiger partial charge in [-0.3, -0.25) is 0 Å². The fourth-order valence-corrected chi connectivity index (χ4v) is 2.23. The van der Waals surface area contributed by atoms with Crippen molar-refractivity contribution in [2.45, 2.75) is 13.8 Å². The molecule has 0 rings (SSSR count). The van der Waals surface area contributed by atoms with Gasteiger partial charge in [0.2, 0.25) is 0 Å². The monoisotopic (exact) mass is 222 g/mol. The summed E-state index contributed by atoms with van der Waals surface area (Å²) in [4.78, 5) is 1.55. The third-order valence-corrected chi connectivity index (χ3v) is 3.00. The number of hydrogen-bond donors (Lipinski definition) is 1. The first-order chi connectivity index (χ1) is 6.18. The average Bonchev–Trinajstić information content (AvgIpc) is 1.99. The quantitative estimate of drug-likeness (QED) is 0.522. The summed E-state index contributed by atoms with van der Waals surface area (Å²) < 4.78 is 26.2. The molecule has 0 heterocycles. The van der Waals surface area contributed by atoms with Gasteiger partial charge >= 0.3 is 0 Å². The second-order valence-corrected chi connectivity index (χ2v) is 5.90. The van der Waals surface area contributed by atoms with Crippen molar-refractivity contribution in [3.8, 4) is 0 Å². The van der Waals surface area contributed by atoms with Crippen molar-refractivity contribution in [2.75, 3.05) is 26.5 Å². The van der Waals surface area contributed by atoms with Crippen LogP contribution in [0.15, 0.2) is 4.40 Å². The number of rotatable bonds is 5. The van der Waals surface area contributed by atoms with E-state index in [1.54, 1.807) is 32.8 Å². The minimum absolute atomic E-state index is 0.152. The van der Waals surface area contributed by atoms with Gasteiger partial charge in [0.15, 0.2) is 0 Å². The zero-order valence-corrected chi connectivity index (χ0v) is 9.87. The van der Waals surface area contributed by atoms with Gasteiger partial charge in [-0.1, -0.05) is 13.8 Å². The summed E-state index contributed by atoms with van der Waals surface area (Å²) in [5.41, 5.74) is -0.650. The van der Waals surface area contributed by atoms with Gasteiger partial charge in [0.05, 0.1) is 5.75 Å². The molecule has 0 atom stereocenters. The van der Waals surface area contributed by atoms with E-state index in [9.17, 15) is 8.42 Å². The Morgan fingerprint density at radius 2 is 1.93 bits per heavy atom. The van der Waals surface area contributed by atoms with Gasteiger partial charge in [-0.25, -0.2) is 8.42 Å². The van der Waals surface area contributed by atoms with Crippen LogP contribution in [0.25, 0.3) is 0 Å². The summed E-state index contributed by atoms with van der Waals surface area (Å²) in [5.74, 6) is -0.152. The Labute approximate surface area is 85.5 Å². The lowest BCUT2D eigenvalue weighted by Crippen LogP contribution is -2.27. The molecule has 0 fully saturated rings. The summed E-state index contributed by atoms with van der Waals surface area (Å²) in [6.45, 7) is 3.18. The van der Waals surface area contributed by atoms with E-state index in [2.05, 4.69) is 4.40 Å². The third-order valence-electron chi connectivity index (χ3n) is 1.44. The third kappa shape index (κ3) is 5.93. The summed E-state index contributed by atoms with van der Waals surface area (Å²) in [6, 6.07) is 0. The van der Waals surface area contributed by atoms with E-state index in [0.29, 0.717) is 0 Å². The maximum Gasteiger partial charge on any atom is 0.255 e. The lowest BCUT2D eigenvalue weighted by molar-refractivity contribution is 0.179. The predicted octanol–water partition coefficient (Wildman–Crippen LogP) is -0.0754. The molecule has 0 aromatic heterocycles. The summed E-state index contributed by atoms with van der Waals surface area (Å²) >= 11 is 0. The van der Waals surface area contributed by atoms with E-state index in [4.69, 9.17) is 5.11 Å². The molecule has 0 aliphatic rings. The molecule has 0 aromatic carbocycles. The number of aliphatic hydroxyl groups is 1. The highest BCUT2D eigenvalue weighted by Crippen LogP contribution is 2.17. The summed E-state index contributed by atoms with van der Waals surface area (Å²) in [5, 5.41) is 8.91. The first-order valence-corrected chi connectivity index (χ1v) is 5.85. The van der Waals surface area contributed by atoms with Gasteiger partial charge in [-0.2, -0.15) is 4.40 Å². The van der Waals surface area contributed by atoms with E-state index in [0.717, 1.165) is 0 Å². The van der Waals surface area contributed by atoms with Gasteiger partial charge in [0.25, 0.3) is 10.0 Å². The molecule has 0 aromatic rings. The minimum atomic E-state index is -3.48. The second-order valence-electron chi connectivity index (χ2n) is 4.23. The van der Waals surface area contributed by atoms with E-state index in [-0.39, 0.29) is 12.4 Å². The van der Waals surface area contributed by atoms with Gasteiger partial charge in [0.1, 0.15) is 6.34 Å². The van der Waals surface area contributed by atoms with Crippen molar-refractivity contribution >= 4 is 16.4 Å². The number of hydrogen-bond acceptors (Lipinski definition) is 3. The van der Waals surface area contributed by atoms with Crippen molar-refractivity contribution in [3.63, 3.8) is 0 Å². The zero-order valence-electron chi connectivity index (χ0n) is 9.06. The van der Waals surface area contributed by atoms with Crippen molar-refractivity contribution in [3.05, 3.63) is 0 Å². The van der Waals surface area contributed by atoms with Crippen molar-refractivity contribution in [1.29, 1.82) is 0 Å². The van der Waals surface area contributed by atoms with Crippen LogP contribution in [0.3, 0.4) is 0 Å². The highest BCUT2D eigenvalue weighted by atomic mass is 32.2. The minimum Gasteiger partial charge on any atom is -0.396 e. The van der Waals surface area contributed by atoms with Crippen molar-refractivity contribution in [2.24, 2.45) is 9.81 Å². The molecular formula is C8H18N2O3S. The Balaban J connectivity index is 4.52. The molecule has 6 heteroatoms. The second kappa shape index (κ2) is 4.75. The fourth-order valence-electron chi connectivity index (χ4n) is 0.743. The highest BCUT2D eigenvalue weighted by Gasteiger charge is 2.24. The van der Waals surface area contributed by atoms with Crippen molar-refractivity contribution in [1.82, 2.24) is 4.90 Å². The van der Waals surface area contributed by atoms with Crippen LogP contribution >= 0.6 is 0 Å².